The van der Waals surface area contributed by atoms with Crippen molar-refractivity contribution in [3.05, 3.63) is 39.7 Å². The van der Waals surface area contributed by atoms with E-state index in [4.69, 9.17) is 9.15 Å². The summed E-state index contributed by atoms with van der Waals surface area (Å²) in [6, 6.07) is 5.21. The lowest BCUT2D eigenvalue weighted by molar-refractivity contribution is -0.308. The molecule has 29 heavy (non-hydrogen) atoms. The van der Waals surface area contributed by atoms with Crippen molar-refractivity contribution in [3.8, 4) is 5.75 Å². The molecule has 1 heterocycles. The van der Waals surface area contributed by atoms with Crippen LogP contribution in [-0.4, -0.2) is 25.5 Å². The molecule has 1 saturated carbocycles. The Kier molecular flexibility index (Phi) is 6.25. The first-order chi connectivity index (χ1) is 13.8. The van der Waals surface area contributed by atoms with Gasteiger partial charge in [-0.2, -0.15) is 0 Å². The zero-order valence-electron chi connectivity index (χ0n) is 16.8. The number of carbonyl (C=O) groups is 2. The molecule has 0 saturated heterocycles. The van der Waals surface area contributed by atoms with Gasteiger partial charge in [0.1, 0.15) is 11.3 Å². The van der Waals surface area contributed by atoms with Crippen molar-refractivity contribution in [3.63, 3.8) is 0 Å². The molecule has 1 aliphatic rings. The van der Waals surface area contributed by atoms with Gasteiger partial charge in [0.25, 0.3) is 0 Å². The van der Waals surface area contributed by atoms with Gasteiger partial charge in [-0.1, -0.05) is 19.3 Å². The van der Waals surface area contributed by atoms with Crippen LogP contribution in [0.4, 0.5) is 0 Å². The third-order valence-electron chi connectivity index (χ3n) is 5.93. The Morgan fingerprint density at radius 2 is 1.97 bits per heavy atom. The van der Waals surface area contributed by atoms with E-state index in [2.05, 4.69) is 5.32 Å². The Morgan fingerprint density at radius 1 is 1.24 bits per heavy atom. The first-order valence-electron chi connectivity index (χ1n) is 9.90. The zero-order valence-corrected chi connectivity index (χ0v) is 16.8. The van der Waals surface area contributed by atoms with Gasteiger partial charge in [-0.25, -0.2) is 4.79 Å². The minimum atomic E-state index is -1.09. The molecule has 1 amide bonds. The number of fused-ring (bicyclic) bond motifs is 1. The van der Waals surface area contributed by atoms with E-state index in [1.54, 1.807) is 25.1 Å². The fourth-order valence-electron chi connectivity index (χ4n) is 4.24. The highest BCUT2D eigenvalue weighted by Crippen LogP contribution is 2.38. The number of carbonyl (C=O) groups excluding carboxylic acids is 2. The van der Waals surface area contributed by atoms with E-state index in [1.807, 2.05) is 0 Å². The van der Waals surface area contributed by atoms with Crippen LogP contribution in [0.5, 0.6) is 5.75 Å². The largest absolute Gasteiger partial charge is 0.550 e. The van der Waals surface area contributed by atoms with Gasteiger partial charge >= 0.3 is 5.63 Å². The lowest BCUT2D eigenvalue weighted by Gasteiger charge is -2.37. The Balaban J connectivity index is 1.75. The normalized spacial score (nSPS) is 15.8. The number of ether oxygens (including phenoxy) is 1. The summed E-state index contributed by atoms with van der Waals surface area (Å²) in [5.41, 5.74) is 0.382. The molecule has 1 fully saturated rings. The van der Waals surface area contributed by atoms with E-state index in [0.717, 1.165) is 37.5 Å². The van der Waals surface area contributed by atoms with Crippen LogP contribution in [0.2, 0.25) is 0 Å². The molecule has 7 nitrogen and oxygen atoms in total. The lowest BCUT2D eigenvalue weighted by atomic mass is 9.71. The first kappa shape index (κ1) is 20.9. The summed E-state index contributed by atoms with van der Waals surface area (Å²) in [5, 5.41) is 14.8. The van der Waals surface area contributed by atoms with Crippen molar-refractivity contribution in [1.29, 1.82) is 0 Å². The molecule has 0 unspecified atom stereocenters. The van der Waals surface area contributed by atoms with E-state index in [9.17, 15) is 19.5 Å². The monoisotopic (exact) mass is 400 g/mol. The summed E-state index contributed by atoms with van der Waals surface area (Å²) in [6.07, 6.45) is 4.29. The number of carboxylic acid groups (broad SMARTS) is 1. The van der Waals surface area contributed by atoms with Crippen LogP contribution in [-0.2, 0) is 16.0 Å². The number of aliphatic carboxylic acids is 1. The Morgan fingerprint density at radius 3 is 2.62 bits per heavy atom. The molecule has 0 radical (unpaired) electrons. The maximum Gasteiger partial charge on any atom is 0.340 e. The highest BCUT2D eigenvalue weighted by atomic mass is 16.5. The predicted molar refractivity (Wildman–Crippen MR) is 106 cm³/mol. The second-order valence-corrected chi connectivity index (χ2v) is 7.92. The summed E-state index contributed by atoms with van der Waals surface area (Å²) < 4.78 is 10.5. The molecule has 1 N–H and O–H groups in total. The highest BCUT2D eigenvalue weighted by Gasteiger charge is 2.32. The molecule has 1 aromatic carbocycles. The van der Waals surface area contributed by atoms with Gasteiger partial charge in [-0.3, -0.25) is 4.79 Å². The first-order valence-corrected chi connectivity index (χ1v) is 9.90. The summed E-state index contributed by atoms with van der Waals surface area (Å²) in [5.74, 6) is -0.838. The topological polar surface area (TPSA) is 109 Å². The van der Waals surface area contributed by atoms with Gasteiger partial charge in [0.15, 0.2) is 0 Å². The van der Waals surface area contributed by atoms with Crippen molar-refractivity contribution in [2.24, 2.45) is 5.41 Å². The van der Waals surface area contributed by atoms with Gasteiger partial charge in [-0.15, -0.1) is 0 Å². The molecule has 0 atom stereocenters. The molecule has 0 bridgehead atoms. The number of amides is 1. The molecule has 156 valence electrons. The number of rotatable bonds is 7. The van der Waals surface area contributed by atoms with E-state index in [1.165, 1.54) is 7.11 Å². The predicted octanol–water partition coefficient (Wildman–Crippen LogP) is 1.86. The summed E-state index contributed by atoms with van der Waals surface area (Å²) in [4.78, 5) is 36.2. The van der Waals surface area contributed by atoms with Crippen LogP contribution >= 0.6 is 0 Å². The average Bonchev–Trinajstić information content (AvgIpc) is 2.69. The number of hydrogen-bond donors (Lipinski definition) is 1. The number of aryl methyl sites for hydroxylation is 1. The standard InChI is InChI=1S/C22H27NO6/c1-14-16-7-6-15(28-2)10-18(16)29-21(27)17(14)11-19(24)23-13-22(12-20(25)26)8-4-3-5-9-22/h6-7,10H,3-5,8-9,11-13H2,1-2H3,(H,23,24)(H,25,26)/p-1. The molecular weight excluding hydrogens is 374 g/mol. The molecule has 1 aromatic heterocycles. The van der Waals surface area contributed by atoms with Gasteiger partial charge in [0, 0.05) is 24.0 Å². The fraction of sp³-hybridized carbons (Fsp3) is 0.500. The fourth-order valence-corrected chi connectivity index (χ4v) is 4.24. The third kappa shape index (κ3) is 4.78. The van der Waals surface area contributed by atoms with Crippen LogP contribution in [0.15, 0.2) is 27.4 Å². The van der Waals surface area contributed by atoms with E-state index in [0.29, 0.717) is 22.5 Å². The van der Waals surface area contributed by atoms with E-state index >= 15 is 0 Å². The molecule has 1 aliphatic carbocycles. The van der Waals surface area contributed by atoms with E-state index in [-0.39, 0.29) is 25.3 Å². The molecular formula is C22H26NO6-. The molecule has 0 spiro atoms. The van der Waals surface area contributed by atoms with Crippen molar-refractivity contribution in [2.75, 3.05) is 13.7 Å². The number of carboxylic acids is 1. The minimum absolute atomic E-state index is 0.0632. The maximum atomic E-state index is 12.5. The number of nitrogens with one attached hydrogen (secondary N) is 1. The second-order valence-electron chi connectivity index (χ2n) is 7.92. The van der Waals surface area contributed by atoms with Gasteiger partial charge in [0.05, 0.1) is 19.1 Å². The summed E-state index contributed by atoms with van der Waals surface area (Å²) >= 11 is 0. The van der Waals surface area contributed by atoms with Crippen molar-refractivity contribution in [1.82, 2.24) is 5.32 Å². The van der Waals surface area contributed by atoms with Crippen molar-refractivity contribution >= 4 is 22.8 Å². The zero-order chi connectivity index (χ0) is 21.0. The number of hydrogen-bond acceptors (Lipinski definition) is 6. The molecule has 2 aromatic rings. The van der Waals surface area contributed by atoms with Crippen molar-refractivity contribution in [2.45, 2.75) is 51.9 Å². The lowest BCUT2D eigenvalue weighted by Crippen LogP contribution is -2.43. The van der Waals surface area contributed by atoms with Gasteiger partial charge < -0.3 is 24.4 Å². The Labute approximate surface area is 169 Å². The van der Waals surface area contributed by atoms with Crippen LogP contribution in [0.25, 0.3) is 11.0 Å². The second kappa shape index (κ2) is 8.68. The molecule has 3 rings (SSSR count). The smallest absolute Gasteiger partial charge is 0.340 e. The van der Waals surface area contributed by atoms with Crippen LogP contribution < -0.4 is 20.8 Å². The summed E-state index contributed by atoms with van der Waals surface area (Å²) in [6.45, 7) is 2.06. The summed E-state index contributed by atoms with van der Waals surface area (Å²) in [7, 11) is 1.53. The molecule has 7 heteroatoms. The Hall–Kier alpha value is -2.83. The number of methoxy groups -OCH3 is 1. The Bertz CT molecular complexity index is 971. The van der Waals surface area contributed by atoms with Crippen LogP contribution in [0.1, 0.15) is 49.7 Å². The highest BCUT2D eigenvalue weighted by molar-refractivity contribution is 5.85. The minimum Gasteiger partial charge on any atom is -0.550 e. The third-order valence-corrected chi connectivity index (χ3v) is 5.93. The van der Waals surface area contributed by atoms with Crippen molar-refractivity contribution < 1.29 is 23.8 Å². The van der Waals surface area contributed by atoms with Gasteiger partial charge in [0.2, 0.25) is 5.91 Å². The van der Waals surface area contributed by atoms with Gasteiger partial charge in [-0.05, 0) is 49.3 Å². The maximum absolute atomic E-state index is 12.5. The van der Waals surface area contributed by atoms with E-state index < -0.39 is 17.0 Å². The quantitative estimate of drug-likeness (QED) is 0.711. The van der Waals surface area contributed by atoms with Crippen LogP contribution in [0, 0.1) is 12.3 Å². The molecule has 0 aliphatic heterocycles. The number of benzene rings is 1. The SMILES string of the molecule is COc1ccc2c(C)c(CC(=O)NCC3(CC(=O)[O-])CCCCC3)c(=O)oc2c1. The average molecular weight is 400 g/mol. The van der Waals surface area contributed by atoms with Crippen LogP contribution in [0.3, 0.4) is 0 Å².